The number of nitrogens with zero attached hydrogens (tertiary/aromatic N) is 6. The van der Waals surface area contributed by atoms with Crippen LogP contribution in [-0.2, 0) is 24.3 Å². The number of benzene rings is 1. The molecule has 2 amide bonds. The smallest absolute Gasteiger partial charge is 0.276 e. The molecule has 0 radical (unpaired) electrons. The maximum absolute atomic E-state index is 13.1. The molecule has 1 aromatic heterocycles. The molecule has 0 saturated carbocycles. The molecule has 2 saturated heterocycles. The Morgan fingerprint density at radius 3 is 2.62 bits per heavy atom. The van der Waals surface area contributed by atoms with E-state index in [0.717, 1.165) is 51.7 Å². The van der Waals surface area contributed by atoms with Gasteiger partial charge in [-0.2, -0.15) is 0 Å². The molecule has 0 spiro atoms. The highest BCUT2D eigenvalue weighted by Gasteiger charge is 2.35. The number of fused-ring (bicyclic) bond motifs is 1. The molecule has 4 heterocycles. The van der Waals surface area contributed by atoms with E-state index in [-0.39, 0.29) is 17.9 Å². The number of carbonyl (C=O) groups is 2. The Hall–Kier alpha value is -2.74. The van der Waals surface area contributed by atoms with Gasteiger partial charge < -0.3 is 14.7 Å². The van der Waals surface area contributed by atoms with Crippen molar-refractivity contribution in [3.05, 3.63) is 47.3 Å². The Bertz CT molecular complexity index is 980. The molecule has 3 aliphatic heterocycles. The lowest BCUT2D eigenvalue weighted by Crippen LogP contribution is -2.44. The maximum Gasteiger partial charge on any atom is 0.276 e. The summed E-state index contributed by atoms with van der Waals surface area (Å²) in [5.74, 6) is 0.363. The van der Waals surface area contributed by atoms with Crippen LogP contribution < -0.4 is 0 Å². The first-order chi connectivity index (χ1) is 15.6. The third-order valence-corrected chi connectivity index (χ3v) is 7.30. The zero-order chi connectivity index (χ0) is 22.1. The molecule has 5 rings (SSSR count). The highest BCUT2D eigenvalue weighted by molar-refractivity contribution is 5.92. The Morgan fingerprint density at radius 1 is 1.03 bits per heavy atom. The summed E-state index contributed by atoms with van der Waals surface area (Å²) < 4.78 is 1.75. The van der Waals surface area contributed by atoms with Gasteiger partial charge in [0.15, 0.2) is 5.69 Å². The molecule has 2 aromatic rings. The van der Waals surface area contributed by atoms with Crippen molar-refractivity contribution in [3.8, 4) is 0 Å². The standard InChI is InChI=1S/C24H32N6O2/c1-27-12-8-19(9-13-27)23(31)30-11-4-7-21(30)16-29-17-22(25-26-29)24(32)28-14-10-18-5-2-3-6-20(18)15-28/h2-3,5-6,17,19,21H,4,7-16H2,1H3/t21-/m0/s1. The first kappa shape index (κ1) is 21.1. The van der Waals surface area contributed by atoms with Gasteiger partial charge >= 0.3 is 0 Å². The lowest BCUT2D eigenvalue weighted by atomic mass is 9.95. The summed E-state index contributed by atoms with van der Waals surface area (Å²) in [6.45, 7) is 4.72. The second kappa shape index (κ2) is 9.02. The van der Waals surface area contributed by atoms with Gasteiger partial charge in [-0.1, -0.05) is 29.5 Å². The van der Waals surface area contributed by atoms with Crippen molar-refractivity contribution in [1.82, 2.24) is 29.7 Å². The van der Waals surface area contributed by atoms with E-state index in [9.17, 15) is 9.59 Å². The summed E-state index contributed by atoms with van der Waals surface area (Å²) in [7, 11) is 2.12. The molecule has 8 nitrogen and oxygen atoms in total. The number of rotatable bonds is 4. The minimum absolute atomic E-state index is 0.0727. The molecule has 0 N–H and O–H groups in total. The average molecular weight is 437 g/mol. The van der Waals surface area contributed by atoms with Crippen molar-refractivity contribution < 1.29 is 9.59 Å². The third-order valence-electron chi connectivity index (χ3n) is 7.30. The molecule has 0 aliphatic carbocycles. The number of piperidine rings is 1. The molecule has 0 unspecified atom stereocenters. The van der Waals surface area contributed by atoms with Gasteiger partial charge in [-0.05, 0) is 63.4 Å². The highest BCUT2D eigenvalue weighted by atomic mass is 16.2. The topological polar surface area (TPSA) is 74.6 Å². The molecule has 8 heteroatoms. The van der Waals surface area contributed by atoms with Crippen LogP contribution in [0.2, 0.25) is 0 Å². The summed E-state index contributed by atoms with van der Waals surface area (Å²) in [5.41, 5.74) is 2.90. The van der Waals surface area contributed by atoms with Crippen LogP contribution >= 0.6 is 0 Å². The van der Waals surface area contributed by atoms with E-state index in [1.54, 1.807) is 10.9 Å². The SMILES string of the molecule is CN1CCC(C(=O)N2CCC[C@H]2Cn2cc(C(=O)N3CCc4ccccc4C3)nn2)CC1. The minimum atomic E-state index is -0.0727. The predicted molar refractivity (Wildman–Crippen MR) is 120 cm³/mol. The summed E-state index contributed by atoms with van der Waals surface area (Å²) >= 11 is 0. The number of aromatic nitrogens is 3. The largest absolute Gasteiger partial charge is 0.338 e. The van der Waals surface area contributed by atoms with Crippen molar-refractivity contribution in [3.63, 3.8) is 0 Å². The molecule has 170 valence electrons. The van der Waals surface area contributed by atoms with Crippen LogP contribution in [0.25, 0.3) is 0 Å². The lowest BCUT2D eigenvalue weighted by molar-refractivity contribution is -0.138. The van der Waals surface area contributed by atoms with E-state index in [1.807, 2.05) is 17.0 Å². The van der Waals surface area contributed by atoms with E-state index < -0.39 is 0 Å². The van der Waals surface area contributed by atoms with Gasteiger partial charge in [0.05, 0.1) is 18.8 Å². The van der Waals surface area contributed by atoms with E-state index in [2.05, 4.69) is 39.3 Å². The van der Waals surface area contributed by atoms with Crippen molar-refractivity contribution in [1.29, 1.82) is 0 Å². The van der Waals surface area contributed by atoms with Gasteiger partial charge in [0.2, 0.25) is 5.91 Å². The molecule has 2 fully saturated rings. The fourth-order valence-electron chi connectivity index (χ4n) is 5.34. The van der Waals surface area contributed by atoms with Gasteiger partial charge in [-0.15, -0.1) is 5.10 Å². The third kappa shape index (κ3) is 4.28. The van der Waals surface area contributed by atoms with E-state index in [1.165, 1.54) is 11.1 Å². The second-order valence-corrected chi connectivity index (χ2v) is 9.48. The Labute approximate surface area is 189 Å². The Morgan fingerprint density at radius 2 is 1.81 bits per heavy atom. The fourth-order valence-corrected chi connectivity index (χ4v) is 5.34. The monoisotopic (exact) mass is 436 g/mol. The zero-order valence-electron chi connectivity index (χ0n) is 18.8. The lowest BCUT2D eigenvalue weighted by Gasteiger charge is -2.33. The Balaban J connectivity index is 1.21. The van der Waals surface area contributed by atoms with Crippen LogP contribution in [0.1, 0.15) is 47.3 Å². The number of carbonyl (C=O) groups excluding carboxylic acids is 2. The van der Waals surface area contributed by atoms with Crippen LogP contribution in [0.4, 0.5) is 0 Å². The first-order valence-corrected chi connectivity index (χ1v) is 11.8. The van der Waals surface area contributed by atoms with Crippen LogP contribution in [-0.4, -0.2) is 80.8 Å². The number of hydrogen-bond donors (Lipinski definition) is 0. The van der Waals surface area contributed by atoms with E-state index in [4.69, 9.17) is 0 Å². The van der Waals surface area contributed by atoms with Gasteiger partial charge in [0.1, 0.15) is 0 Å². The second-order valence-electron chi connectivity index (χ2n) is 9.48. The van der Waals surface area contributed by atoms with Crippen molar-refractivity contribution in [2.75, 3.05) is 33.2 Å². The van der Waals surface area contributed by atoms with Crippen molar-refractivity contribution in [2.24, 2.45) is 5.92 Å². The predicted octanol–water partition coefficient (Wildman–Crippen LogP) is 1.81. The van der Waals surface area contributed by atoms with Gasteiger partial charge in [0.25, 0.3) is 5.91 Å². The van der Waals surface area contributed by atoms with E-state index >= 15 is 0 Å². The van der Waals surface area contributed by atoms with Crippen LogP contribution in [0.3, 0.4) is 0 Å². The zero-order valence-corrected chi connectivity index (χ0v) is 18.8. The Kier molecular flexibility index (Phi) is 5.95. The van der Waals surface area contributed by atoms with Gasteiger partial charge in [0, 0.05) is 25.6 Å². The molecule has 1 aromatic carbocycles. The van der Waals surface area contributed by atoms with Crippen LogP contribution in [0, 0.1) is 5.92 Å². The number of hydrogen-bond acceptors (Lipinski definition) is 5. The number of amides is 2. The van der Waals surface area contributed by atoms with Crippen molar-refractivity contribution in [2.45, 2.75) is 51.2 Å². The van der Waals surface area contributed by atoms with Crippen LogP contribution in [0.5, 0.6) is 0 Å². The van der Waals surface area contributed by atoms with Crippen LogP contribution in [0.15, 0.2) is 30.5 Å². The van der Waals surface area contributed by atoms with E-state index in [0.29, 0.717) is 31.2 Å². The highest BCUT2D eigenvalue weighted by Crippen LogP contribution is 2.26. The maximum atomic E-state index is 13.1. The fraction of sp³-hybridized carbons (Fsp3) is 0.583. The van der Waals surface area contributed by atoms with Gasteiger partial charge in [-0.3, -0.25) is 9.59 Å². The normalized spacial score (nSPS) is 22.2. The summed E-state index contributed by atoms with van der Waals surface area (Å²) in [5, 5.41) is 8.40. The van der Waals surface area contributed by atoms with Crippen molar-refractivity contribution >= 4 is 11.8 Å². The molecule has 1 atom stereocenters. The van der Waals surface area contributed by atoms with Gasteiger partial charge in [-0.25, -0.2) is 4.68 Å². The molecule has 0 bridgehead atoms. The molecule has 3 aliphatic rings. The minimum Gasteiger partial charge on any atom is -0.338 e. The molecule has 32 heavy (non-hydrogen) atoms. The average Bonchev–Trinajstić information content (AvgIpc) is 3.48. The molecular weight excluding hydrogens is 404 g/mol. The number of likely N-dealkylation sites (tertiary alicyclic amines) is 2. The summed E-state index contributed by atoms with van der Waals surface area (Å²) in [4.78, 5) is 32.3. The summed E-state index contributed by atoms with van der Waals surface area (Å²) in [6, 6.07) is 8.42. The summed E-state index contributed by atoms with van der Waals surface area (Å²) in [6.07, 6.45) is 6.51. The first-order valence-electron chi connectivity index (χ1n) is 11.8. The molecular formula is C24H32N6O2. The quantitative estimate of drug-likeness (QED) is 0.731.